The molecule has 0 bridgehead atoms. The van der Waals surface area contributed by atoms with Crippen LogP contribution in [-0.4, -0.2) is 30.7 Å². The number of carbonyl (C=O) groups is 1. The predicted octanol–water partition coefficient (Wildman–Crippen LogP) is 5.10. The lowest BCUT2D eigenvalue weighted by molar-refractivity contribution is 0.100. The van der Waals surface area contributed by atoms with Crippen LogP contribution < -0.4 is 10.5 Å². The number of nitrogens with zero attached hydrogens (tertiary/aromatic N) is 1. The third-order valence-corrected chi connectivity index (χ3v) is 7.78. The highest BCUT2D eigenvalue weighted by molar-refractivity contribution is 7.91. The van der Waals surface area contributed by atoms with Gasteiger partial charge in [-0.25, -0.2) is 12.8 Å². The lowest BCUT2D eigenvalue weighted by Gasteiger charge is -2.17. The zero-order chi connectivity index (χ0) is 26.0. The molecule has 0 spiro atoms. The summed E-state index contributed by atoms with van der Waals surface area (Å²) in [5.41, 5.74) is 9.27. The summed E-state index contributed by atoms with van der Waals surface area (Å²) in [6.45, 7) is 5.79. The van der Waals surface area contributed by atoms with Gasteiger partial charge in [-0.05, 0) is 74.0 Å². The second-order valence-corrected chi connectivity index (χ2v) is 11.3. The van der Waals surface area contributed by atoms with Crippen LogP contribution in [0, 0.1) is 5.82 Å². The van der Waals surface area contributed by atoms with E-state index in [1.54, 1.807) is 49.4 Å². The van der Waals surface area contributed by atoms with Crippen molar-refractivity contribution in [3.63, 3.8) is 0 Å². The molecule has 0 saturated carbocycles. The van der Waals surface area contributed by atoms with Gasteiger partial charge in [-0.2, -0.15) is 0 Å². The molecule has 0 saturated heterocycles. The van der Waals surface area contributed by atoms with Gasteiger partial charge in [0.15, 0.2) is 9.84 Å². The summed E-state index contributed by atoms with van der Waals surface area (Å²) in [7, 11) is -3.29. The number of sulfone groups is 1. The van der Waals surface area contributed by atoms with Crippen LogP contribution in [0.25, 0.3) is 10.9 Å². The summed E-state index contributed by atoms with van der Waals surface area (Å²) in [5, 5.41) is 0.828. The minimum atomic E-state index is -3.29. The van der Waals surface area contributed by atoms with E-state index >= 15 is 0 Å². The number of benzene rings is 3. The van der Waals surface area contributed by atoms with E-state index in [4.69, 9.17) is 10.5 Å². The van der Waals surface area contributed by atoms with Crippen molar-refractivity contribution < 1.29 is 22.3 Å². The van der Waals surface area contributed by atoms with Gasteiger partial charge in [0, 0.05) is 34.1 Å². The first-order valence-electron chi connectivity index (χ1n) is 11.8. The van der Waals surface area contributed by atoms with E-state index in [1.807, 2.05) is 26.0 Å². The third-order valence-electron chi connectivity index (χ3n) is 6.03. The van der Waals surface area contributed by atoms with E-state index in [2.05, 4.69) is 4.57 Å². The van der Waals surface area contributed by atoms with Crippen LogP contribution in [0.15, 0.2) is 71.6 Å². The van der Waals surface area contributed by atoms with Crippen molar-refractivity contribution in [2.24, 2.45) is 5.73 Å². The zero-order valence-corrected chi connectivity index (χ0v) is 21.3. The van der Waals surface area contributed by atoms with E-state index in [1.165, 1.54) is 12.1 Å². The van der Waals surface area contributed by atoms with E-state index in [0.717, 1.165) is 22.2 Å². The quantitative estimate of drug-likeness (QED) is 0.341. The standard InChI is InChI=1S/C28H29FN2O4S/c1-4-36(33,34)25-9-5-19(6-10-25)13-24-16-21-14-20(28(30)32)7-11-26(21)31(24)17-22-15-23(29)8-12-27(22)35-18(2)3/h5-12,14-16,18H,4,13,17H2,1-3H3,(H2,30,32). The number of hydrogen-bond acceptors (Lipinski definition) is 4. The first-order chi connectivity index (χ1) is 17.1. The molecule has 4 rings (SSSR count). The molecule has 0 atom stereocenters. The van der Waals surface area contributed by atoms with E-state index in [9.17, 15) is 17.6 Å². The molecule has 0 unspecified atom stereocenters. The molecule has 1 amide bonds. The summed E-state index contributed by atoms with van der Waals surface area (Å²) in [6, 6.07) is 18.5. The molecule has 0 radical (unpaired) electrons. The van der Waals surface area contributed by atoms with Gasteiger partial charge in [-0.1, -0.05) is 19.1 Å². The lowest BCUT2D eigenvalue weighted by atomic mass is 10.1. The van der Waals surface area contributed by atoms with Crippen LogP contribution in [0.3, 0.4) is 0 Å². The normalized spacial score (nSPS) is 11.8. The summed E-state index contributed by atoms with van der Waals surface area (Å²) in [4.78, 5) is 12.0. The van der Waals surface area contributed by atoms with Crippen molar-refractivity contribution in [1.29, 1.82) is 0 Å². The Kier molecular flexibility index (Phi) is 7.17. The number of primary amides is 1. The second-order valence-electron chi connectivity index (χ2n) is 9.00. The number of nitrogens with two attached hydrogens (primary N) is 1. The van der Waals surface area contributed by atoms with Gasteiger partial charge in [0.2, 0.25) is 5.91 Å². The maximum atomic E-state index is 14.2. The van der Waals surface area contributed by atoms with Gasteiger partial charge in [0.05, 0.1) is 23.3 Å². The number of hydrogen-bond donors (Lipinski definition) is 1. The maximum absolute atomic E-state index is 14.2. The smallest absolute Gasteiger partial charge is 0.248 e. The van der Waals surface area contributed by atoms with Crippen molar-refractivity contribution in [3.05, 3.63) is 94.9 Å². The molecule has 0 aliphatic rings. The van der Waals surface area contributed by atoms with Crippen molar-refractivity contribution >= 4 is 26.6 Å². The molecule has 0 fully saturated rings. The number of carbonyl (C=O) groups excluding carboxylic acids is 1. The molecule has 6 nitrogen and oxygen atoms in total. The minimum Gasteiger partial charge on any atom is -0.491 e. The monoisotopic (exact) mass is 508 g/mol. The molecule has 3 aromatic carbocycles. The van der Waals surface area contributed by atoms with Crippen LogP contribution in [-0.2, 0) is 22.8 Å². The third kappa shape index (κ3) is 5.44. The molecule has 0 aliphatic carbocycles. The maximum Gasteiger partial charge on any atom is 0.248 e. The van der Waals surface area contributed by atoms with Gasteiger partial charge >= 0.3 is 0 Å². The van der Waals surface area contributed by atoms with Crippen LogP contribution >= 0.6 is 0 Å². The van der Waals surface area contributed by atoms with Gasteiger partial charge in [0.1, 0.15) is 11.6 Å². The molecular formula is C28H29FN2O4S. The van der Waals surface area contributed by atoms with E-state index < -0.39 is 15.7 Å². The molecular weight excluding hydrogens is 479 g/mol. The Morgan fingerprint density at radius 3 is 2.39 bits per heavy atom. The number of ether oxygens (including phenoxy) is 1. The predicted molar refractivity (Wildman–Crippen MR) is 139 cm³/mol. The van der Waals surface area contributed by atoms with Gasteiger partial charge in [0.25, 0.3) is 0 Å². The molecule has 4 aromatic rings. The first kappa shape index (κ1) is 25.4. The van der Waals surface area contributed by atoms with Crippen molar-refractivity contribution in [3.8, 4) is 5.75 Å². The fourth-order valence-corrected chi connectivity index (χ4v) is 5.10. The highest BCUT2D eigenvalue weighted by Gasteiger charge is 2.16. The van der Waals surface area contributed by atoms with Crippen LogP contribution in [0.4, 0.5) is 4.39 Å². The highest BCUT2D eigenvalue weighted by atomic mass is 32.2. The fraction of sp³-hybridized carbons (Fsp3) is 0.250. The zero-order valence-electron chi connectivity index (χ0n) is 20.5. The molecule has 36 heavy (non-hydrogen) atoms. The molecule has 1 aromatic heterocycles. The topological polar surface area (TPSA) is 91.4 Å². The summed E-state index contributed by atoms with van der Waals surface area (Å²) in [5.74, 6) is -0.237. The van der Waals surface area contributed by atoms with Crippen LogP contribution in [0.2, 0.25) is 0 Å². The average molecular weight is 509 g/mol. The van der Waals surface area contributed by atoms with Crippen LogP contribution in [0.5, 0.6) is 5.75 Å². The molecule has 8 heteroatoms. The Balaban J connectivity index is 1.79. The first-order valence-corrected chi connectivity index (χ1v) is 13.4. The Bertz CT molecular complexity index is 1520. The molecule has 0 aliphatic heterocycles. The molecule has 1 heterocycles. The minimum absolute atomic E-state index is 0.0389. The van der Waals surface area contributed by atoms with Crippen molar-refractivity contribution in [2.75, 3.05) is 5.75 Å². The molecule has 2 N–H and O–H groups in total. The number of rotatable bonds is 9. The fourth-order valence-electron chi connectivity index (χ4n) is 4.22. The highest BCUT2D eigenvalue weighted by Crippen LogP contribution is 2.29. The summed E-state index contributed by atoms with van der Waals surface area (Å²) >= 11 is 0. The number of halogens is 1. The van der Waals surface area contributed by atoms with E-state index in [0.29, 0.717) is 29.8 Å². The van der Waals surface area contributed by atoms with Gasteiger partial charge in [-0.15, -0.1) is 0 Å². The molecule has 188 valence electrons. The largest absolute Gasteiger partial charge is 0.491 e. The number of amides is 1. The van der Waals surface area contributed by atoms with E-state index in [-0.39, 0.29) is 22.6 Å². The van der Waals surface area contributed by atoms with Crippen molar-refractivity contribution in [2.45, 2.75) is 44.7 Å². The van der Waals surface area contributed by atoms with Gasteiger partial charge in [-0.3, -0.25) is 4.79 Å². The summed E-state index contributed by atoms with van der Waals surface area (Å²) < 4.78 is 46.6. The number of aromatic nitrogens is 1. The summed E-state index contributed by atoms with van der Waals surface area (Å²) in [6.07, 6.45) is 0.425. The lowest BCUT2D eigenvalue weighted by Crippen LogP contribution is -2.11. The Morgan fingerprint density at radius 2 is 1.75 bits per heavy atom. The Morgan fingerprint density at radius 1 is 1.03 bits per heavy atom. The SMILES string of the molecule is CCS(=O)(=O)c1ccc(Cc2cc3cc(C(N)=O)ccc3n2Cc2cc(F)ccc2OC(C)C)cc1. The Labute approximate surface area is 210 Å². The second kappa shape index (κ2) is 10.1. The van der Waals surface area contributed by atoms with Crippen molar-refractivity contribution in [1.82, 2.24) is 4.57 Å². The number of fused-ring (bicyclic) bond motifs is 1. The van der Waals surface area contributed by atoms with Gasteiger partial charge < -0.3 is 15.0 Å². The van der Waals surface area contributed by atoms with Crippen LogP contribution in [0.1, 0.15) is 48.0 Å². The average Bonchev–Trinajstić information content (AvgIpc) is 3.16. The Hall–Kier alpha value is -3.65.